The van der Waals surface area contributed by atoms with Gasteiger partial charge in [0.15, 0.2) is 17.1 Å². The zero-order chi connectivity index (χ0) is 22.1. The molecule has 31 heavy (non-hydrogen) atoms. The predicted octanol–water partition coefficient (Wildman–Crippen LogP) is 3.45. The maximum atomic E-state index is 13.5. The van der Waals surface area contributed by atoms with Crippen molar-refractivity contribution in [3.8, 4) is 28.4 Å². The van der Waals surface area contributed by atoms with Gasteiger partial charge in [-0.15, -0.1) is 0 Å². The topological polar surface area (TPSA) is 73.3 Å². The lowest BCUT2D eigenvalue weighted by atomic mass is 9.99. The van der Waals surface area contributed by atoms with E-state index >= 15 is 0 Å². The lowest BCUT2D eigenvalue weighted by Crippen LogP contribution is -3.14. The first-order valence-corrected chi connectivity index (χ1v) is 10.8. The Hall–Kier alpha value is -2.99. The van der Waals surface area contributed by atoms with Crippen LogP contribution in [0.2, 0.25) is 0 Å². The molecule has 1 aliphatic heterocycles. The van der Waals surface area contributed by atoms with E-state index in [2.05, 4.69) is 6.92 Å². The molecule has 1 aromatic heterocycles. The molecule has 2 heterocycles. The minimum absolute atomic E-state index is 0.117. The van der Waals surface area contributed by atoms with Crippen LogP contribution in [-0.2, 0) is 6.54 Å². The highest BCUT2D eigenvalue weighted by Gasteiger charge is 2.26. The van der Waals surface area contributed by atoms with Crippen LogP contribution < -0.4 is 19.8 Å². The molecule has 0 saturated carbocycles. The molecule has 2 aromatic carbocycles. The van der Waals surface area contributed by atoms with Crippen LogP contribution in [0.5, 0.6) is 17.2 Å². The van der Waals surface area contributed by atoms with Crippen molar-refractivity contribution in [2.24, 2.45) is 0 Å². The summed E-state index contributed by atoms with van der Waals surface area (Å²) in [7, 11) is 3.14. The fraction of sp³-hybridized carbons (Fsp3) is 0.400. The molecular weight excluding hydrogens is 394 g/mol. The predicted molar refractivity (Wildman–Crippen MR) is 120 cm³/mol. The van der Waals surface area contributed by atoms with Crippen molar-refractivity contribution in [2.75, 3.05) is 20.8 Å². The van der Waals surface area contributed by atoms with Crippen LogP contribution in [0.25, 0.3) is 22.1 Å². The fourth-order valence-corrected chi connectivity index (χ4v) is 4.65. The van der Waals surface area contributed by atoms with Gasteiger partial charge in [0.1, 0.15) is 18.1 Å². The number of hydrogen-bond acceptors (Lipinski definition) is 5. The second kappa shape index (κ2) is 8.63. The van der Waals surface area contributed by atoms with E-state index in [1.807, 2.05) is 6.07 Å². The van der Waals surface area contributed by atoms with Gasteiger partial charge in [0.2, 0.25) is 5.43 Å². The van der Waals surface area contributed by atoms with Crippen molar-refractivity contribution in [1.29, 1.82) is 0 Å². The van der Waals surface area contributed by atoms with E-state index in [9.17, 15) is 9.90 Å². The molecule has 164 valence electrons. The van der Waals surface area contributed by atoms with Crippen molar-refractivity contribution < 1.29 is 23.9 Å². The standard InChI is InChI=1S/C25H29NO5/c1-15-7-5-6-12-26(15)14-19-20(27)10-9-18-24(28)23(16(2)31-25(18)19)17-8-11-21(29-3)22(13-17)30-4/h8-11,13,15,27H,5-7,12,14H2,1-4H3/p+1/t15-/m1/s1. The first-order valence-electron chi connectivity index (χ1n) is 10.8. The monoisotopic (exact) mass is 424 g/mol. The summed E-state index contributed by atoms with van der Waals surface area (Å²) in [5.74, 6) is 1.84. The van der Waals surface area contributed by atoms with Crippen LogP contribution in [0.15, 0.2) is 39.5 Å². The number of phenols is 1. The highest BCUT2D eigenvalue weighted by molar-refractivity contribution is 5.86. The number of likely N-dealkylation sites (tertiary alicyclic amines) is 1. The first-order chi connectivity index (χ1) is 14.9. The van der Waals surface area contributed by atoms with Crippen molar-refractivity contribution in [3.63, 3.8) is 0 Å². The maximum Gasteiger partial charge on any atom is 0.200 e. The van der Waals surface area contributed by atoms with Crippen molar-refractivity contribution in [2.45, 2.75) is 45.7 Å². The first kappa shape index (κ1) is 21.2. The van der Waals surface area contributed by atoms with Crippen LogP contribution in [0.4, 0.5) is 0 Å². The summed E-state index contributed by atoms with van der Waals surface area (Å²) in [6.07, 6.45) is 3.60. The fourth-order valence-electron chi connectivity index (χ4n) is 4.65. The number of ether oxygens (including phenoxy) is 2. The lowest BCUT2D eigenvalue weighted by Gasteiger charge is -2.30. The minimum Gasteiger partial charge on any atom is -0.507 e. The Morgan fingerprint density at radius 2 is 1.90 bits per heavy atom. The highest BCUT2D eigenvalue weighted by atomic mass is 16.5. The van der Waals surface area contributed by atoms with Gasteiger partial charge in [0.25, 0.3) is 0 Å². The molecule has 4 rings (SSSR count). The summed E-state index contributed by atoms with van der Waals surface area (Å²) in [4.78, 5) is 14.9. The van der Waals surface area contributed by atoms with Crippen molar-refractivity contribution in [3.05, 3.63) is 51.9 Å². The molecule has 0 radical (unpaired) electrons. The lowest BCUT2D eigenvalue weighted by molar-refractivity contribution is -0.941. The second-order valence-electron chi connectivity index (χ2n) is 8.35. The van der Waals surface area contributed by atoms with E-state index in [0.29, 0.717) is 57.5 Å². The van der Waals surface area contributed by atoms with Crippen LogP contribution in [0, 0.1) is 6.92 Å². The molecule has 3 aromatic rings. The van der Waals surface area contributed by atoms with Gasteiger partial charge >= 0.3 is 0 Å². The van der Waals surface area contributed by atoms with Gasteiger partial charge in [-0.25, -0.2) is 0 Å². The van der Waals surface area contributed by atoms with Crippen molar-refractivity contribution >= 4 is 11.0 Å². The number of aromatic hydroxyl groups is 1. The SMILES string of the molecule is COc1ccc(-c2c(C)oc3c(C[NH+]4CCCC[C@H]4C)c(O)ccc3c2=O)cc1OC. The molecule has 1 unspecified atom stereocenters. The van der Waals surface area contributed by atoms with Gasteiger partial charge in [0.05, 0.1) is 43.3 Å². The number of hydrogen-bond donors (Lipinski definition) is 2. The molecule has 1 saturated heterocycles. The summed E-state index contributed by atoms with van der Waals surface area (Å²) in [6, 6.07) is 9.16. The zero-order valence-electron chi connectivity index (χ0n) is 18.6. The number of rotatable bonds is 5. The van der Waals surface area contributed by atoms with Crippen LogP contribution in [-0.4, -0.2) is 31.9 Å². The number of piperidine rings is 1. The van der Waals surface area contributed by atoms with E-state index in [1.165, 1.54) is 24.2 Å². The number of methoxy groups -OCH3 is 2. The quantitative estimate of drug-likeness (QED) is 0.656. The molecule has 2 atom stereocenters. The number of phenolic OH excluding ortho intramolecular Hbond substituents is 1. The zero-order valence-corrected chi connectivity index (χ0v) is 18.6. The van der Waals surface area contributed by atoms with Crippen LogP contribution in [0.3, 0.4) is 0 Å². The second-order valence-corrected chi connectivity index (χ2v) is 8.35. The molecule has 0 spiro atoms. The summed E-state index contributed by atoms with van der Waals surface area (Å²) < 4.78 is 16.9. The summed E-state index contributed by atoms with van der Waals surface area (Å²) in [5.41, 5.74) is 2.27. The Labute approximate surface area is 182 Å². The Morgan fingerprint density at radius 3 is 2.61 bits per heavy atom. The molecule has 0 aliphatic carbocycles. The number of nitrogens with one attached hydrogen (secondary N) is 1. The number of benzene rings is 2. The van der Waals surface area contributed by atoms with E-state index in [4.69, 9.17) is 13.9 Å². The summed E-state index contributed by atoms with van der Waals surface area (Å²) >= 11 is 0. The summed E-state index contributed by atoms with van der Waals surface area (Å²) in [5, 5.41) is 11.1. The number of fused-ring (bicyclic) bond motifs is 1. The molecule has 6 nitrogen and oxygen atoms in total. The highest BCUT2D eigenvalue weighted by Crippen LogP contribution is 2.34. The third-order valence-corrected chi connectivity index (χ3v) is 6.47. The average Bonchev–Trinajstić information content (AvgIpc) is 2.77. The van der Waals surface area contributed by atoms with E-state index in [0.717, 1.165) is 6.54 Å². The largest absolute Gasteiger partial charge is 0.507 e. The Kier molecular flexibility index (Phi) is 5.92. The smallest absolute Gasteiger partial charge is 0.200 e. The van der Waals surface area contributed by atoms with Crippen molar-refractivity contribution in [1.82, 2.24) is 0 Å². The molecule has 6 heteroatoms. The maximum absolute atomic E-state index is 13.5. The number of quaternary nitrogens is 1. The van der Waals surface area contributed by atoms with E-state index in [1.54, 1.807) is 45.4 Å². The Morgan fingerprint density at radius 1 is 1.13 bits per heavy atom. The van der Waals surface area contributed by atoms with E-state index in [-0.39, 0.29) is 11.2 Å². The Balaban J connectivity index is 1.85. The molecule has 0 amide bonds. The average molecular weight is 425 g/mol. The molecule has 0 bridgehead atoms. The third-order valence-electron chi connectivity index (χ3n) is 6.47. The molecular formula is C25H30NO5+. The summed E-state index contributed by atoms with van der Waals surface area (Å²) in [6.45, 7) is 5.73. The van der Waals surface area contributed by atoms with Gasteiger partial charge in [0, 0.05) is 0 Å². The normalized spacial score (nSPS) is 18.8. The van der Waals surface area contributed by atoms with Gasteiger partial charge in [-0.05, 0) is 62.9 Å². The van der Waals surface area contributed by atoms with Gasteiger partial charge in [-0.3, -0.25) is 4.79 Å². The van der Waals surface area contributed by atoms with E-state index < -0.39 is 0 Å². The molecule has 2 N–H and O–H groups in total. The molecule has 1 fully saturated rings. The minimum atomic E-state index is -0.117. The van der Waals surface area contributed by atoms with Gasteiger partial charge in [-0.1, -0.05) is 6.07 Å². The van der Waals surface area contributed by atoms with Gasteiger partial charge < -0.3 is 23.9 Å². The Bertz CT molecular complexity index is 1170. The third kappa shape index (κ3) is 3.88. The van der Waals surface area contributed by atoms with Crippen LogP contribution in [0.1, 0.15) is 37.5 Å². The molecule has 1 aliphatic rings. The number of aryl methyl sites for hydroxylation is 1. The van der Waals surface area contributed by atoms with Gasteiger partial charge in [-0.2, -0.15) is 0 Å². The van der Waals surface area contributed by atoms with Crippen LogP contribution >= 0.6 is 0 Å².